The molecular weight excluding hydrogens is 312 g/mol. The molecule has 0 aromatic heterocycles. The molecule has 0 saturated heterocycles. The first-order valence-corrected chi connectivity index (χ1v) is 7.40. The second-order valence-electron chi connectivity index (χ2n) is 5.21. The molecule has 0 aliphatic carbocycles. The van der Waals surface area contributed by atoms with Crippen LogP contribution in [0.15, 0.2) is 54.6 Å². The number of nitrogens with zero attached hydrogens (tertiary/aromatic N) is 1. The molecule has 1 amide bonds. The molecule has 1 atom stereocenters. The topological polar surface area (TPSA) is 102 Å². The Balaban J connectivity index is 1.82. The molecule has 2 rings (SSSR count). The van der Waals surface area contributed by atoms with E-state index >= 15 is 0 Å². The highest BCUT2D eigenvalue weighted by atomic mass is 16.6. The molecule has 7 heteroatoms. The minimum Gasteiger partial charge on any atom is -0.445 e. The van der Waals surface area contributed by atoms with Gasteiger partial charge in [0, 0.05) is 12.1 Å². The molecule has 2 aromatic carbocycles. The molecule has 0 fully saturated rings. The Hall–Kier alpha value is -2.93. The number of rotatable bonds is 7. The predicted molar refractivity (Wildman–Crippen MR) is 87.4 cm³/mol. The van der Waals surface area contributed by atoms with Crippen molar-refractivity contribution in [2.24, 2.45) is 0 Å². The van der Waals surface area contributed by atoms with Crippen LogP contribution in [0.2, 0.25) is 0 Å². The number of aliphatic hydroxyl groups is 1. The van der Waals surface area contributed by atoms with Crippen LogP contribution in [-0.2, 0) is 17.8 Å². The summed E-state index contributed by atoms with van der Waals surface area (Å²) in [5.74, 6) is 0. The summed E-state index contributed by atoms with van der Waals surface area (Å²) in [6.45, 7) is -0.213. The van der Waals surface area contributed by atoms with E-state index in [9.17, 15) is 20.0 Å². The largest absolute Gasteiger partial charge is 0.445 e. The van der Waals surface area contributed by atoms with Crippen LogP contribution >= 0.6 is 0 Å². The minimum absolute atomic E-state index is 0.00663. The fraction of sp³-hybridized carbons (Fsp3) is 0.235. The number of aliphatic hydroxyl groups excluding tert-OH is 1. The zero-order valence-electron chi connectivity index (χ0n) is 12.9. The maximum atomic E-state index is 11.8. The second-order valence-corrected chi connectivity index (χ2v) is 5.21. The van der Waals surface area contributed by atoms with E-state index in [1.165, 1.54) is 24.3 Å². The third-order valence-electron chi connectivity index (χ3n) is 3.38. The van der Waals surface area contributed by atoms with E-state index in [4.69, 9.17) is 4.74 Å². The fourth-order valence-electron chi connectivity index (χ4n) is 2.13. The smallest absolute Gasteiger partial charge is 0.407 e. The molecule has 7 nitrogen and oxygen atoms in total. The van der Waals surface area contributed by atoms with E-state index in [1.54, 1.807) is 0 Å². The Morgan fingerprint density at radius 3 is 2.38 bits per heavy atom. The number of nitrogens with one attached hydrogen (secondary N) is 1. The zero-order chi connectivity index (χ0) is 17.4. The van der Waals surface area contributed by atoms with Gasteiger partial charge in [-0.1, -0.05) is 30.3 Å². The van der Waals surface area contributed by atoms with Crippen LogP contribution < -0.4 is 5.32 Å². The summed E-state index contributed by atoms with van der Waals surface area (Å²) in [7, 11) is 0. The van der Waals surface area contributed by atoms with Crippen LogP contribution in [0.25, 0.3) is 0 Å². The molecule has 0 heterocycles. The summed E-state index contributed by atoms with van der Waals surface area (Å²) >= 11 is 0. The summed E-state index contributed by atoms with van der Waals surface area (Å²) in [5, 5.41) is 22.5. The first-order valence-electron chi connectivity index (χ1n) is 7.40. The first kappa shape index (κ1) is 17.4. The Morgan fingerprint density at radius 2 is 1.79 bits per heavy atom. The number of ether oxygens (including phenoxy) is 1. The SMILES string of the molecule is O=C(NC(CO)Cc1ccccc1)OCc1ccc([N+](=O)[O-])cc1. The van der Waals surface area contributed by atoms with Gasteiger partial charge in [-0.15, -0.1) is 0 Å². The fourth-order valence-corrected chi connectivity index (χ4v) is 2.13. The van der Waals surface area contributed by atoms with Crippen molar-refractivity contribution >= 4 is 11.8 Å². The maximum Gasteiger partial charge on any atom is 0.407 e. The van der Waals surface area contributed by atoms with Gasteiger partial charge in [0.05, 0.1) is 17.6 Å². The van der Waals surface area contributed by atoms with Crippen molar-refractivity contribution in [2.45, 2.75) is 19.1 Å². The Labute approximate surface area is 139 Å². The number of hydrogen-bond donors (Lipinski definition) is 2. The van der Waals surface area contributed by atoms with Crippen molar-refractivity contribution in [1.82, 2.24) is 5.32 Å². The third kappa shape index (κ3) is 5.36. The molecule has 0 saturated carbocycles. The van der Waals surface area contributed by atoms with Crippen LogP contribution in [0.4, 0.5) is 10.5 Å². The average molecular weight is 330 g/mol. The van der Waals surface area contributed by atoms with Gasteiger partial charge in [0.15, 0.2) is 0 Å². The molecule has 0 radical (unpaired) electrons. The summed E-state index contributed by atoms with van der Waals surface area (Å²) in [5.41, 5.74) is 1.61. The molecule has 24 heavy (non-hydrogen) atoms. The normalized spacial score (nSPS) is 11.5. The highest BCUT2D eigenvalue weighted by Crippen LogP contribution is 2.12. The monoisotopic (exact) mass is 330 g/mol. The lowest BCUT2D eigenvalue weighted by atomic mass is 10.1. The van der Waals surface area contributed by atoms with Crippen LogP contribution in [0.3, 0.4) is 0 Å². The maximum absolute atomic E-state index is 11.8. The van der Waals surface area contributed by atoms with Gasteiger partial charge in [0.25, 0.3) is 5.69 Å². The first-order chi connectivity index (χ1) is 11.6. The standard InChI is InChI=1S/C17H18N2O5/c20-11-15(10-13-4-2-1-3-5-13)18-17(21)24-12-14-6-8-16(9-7-14)19(22)23/h1-9,15,20H,10-12H2,(H,18,21). The number of alkyl carbamates (subject to hydrolysis) is 1. The highest BCUT2D eigenvalue weighted by Gasteiger charge is 2.13. The van der Waals surface area contributed by atoms with Crippen molar-refractivity contribution in [3.05, 3.63) is 75.8 Å². The number of carbonyl (C=O) groups excluding carboxylic acids is 1. The number of non-ortho nitro benzene ring substituents is 1. The van der Waals surface area contributed by atoms with E-state index in [0.717, 1.165) is 5.56 Å². The van der Waals surface area contributed by atoms with Gasteiger partial charge >= 0.3 is 6.09 Å². The van der Waals surface area contributed by atoms with E-state index in [2.05, 4.69) is 5.32 Å². The average Bonchev–Trinajstić information content (AvgIpc) is 2.60. The van der Waals surface area contributed by atoms with Crippen LogP contribution in [-0.4, -0.2) is 28.8 Å². The summed E-state index contributed by atoms with van der Waals surface area (Å²) in [6.07, 6.45) is -0.160. The van der Waals surface area contributed by atoms with E-state index in [0.29, 0.717) is 12.0 Å². The minimum atomic E-state index is -0.650. The van der Waals surface area contributed by atoms with Crippen LogP contribution in [0, 0.1) is 10.1 Å². The van der Waals surface area contributed by atoms with Gasteiger partial charge < -0.3 is 15.2 Å². The Morgan fingerprint density at radius 1 is 1.12 bits per heavy atom. The van der Waals surface area contributed by atoms with Gasteiger partial charge in [0.1, 0.15) is 6.61 Å². The summed E-state index contributed by atoms with van der Waals surface area (Å²) < 4.78 is 5.07. The number of carbonyl (C=O) groups is 1. The second kappa shape index (κ2) is 8.64. The van der Waals surface area contributed by atoms with E-state index in [-0.39, 0.29) is 18.9 Å². The molecular formula is C17H18N2O5. The lowest BCUT2D eigenvalue weighted by Gasteiger charge is -2.16. The molecule has 126 valence electrons. The van der Waals surface area contributed by atoms with Gasteiger partial charge in [0.2, 0.25) is 0 Å². The zero-order valence-corrected chi connectivity index (χ0v) is 12.9. The van der Waals surface area contributed by atoms with E-state index in [1.807, 2.05) is 30.3 Å². The predicted octanol–water partition coefficient (Wildman–Crippen LogP) is 2.42. The van der Waals surface area contributed by atoms with Crippen LogP contribution in [0.1, 0.15) is 11.1 Å². The Kier molecular flexibility index (Phi) is 6.27. The molecule has 2 aromatic rings. The number of hydrogen-bond acceptors (Lipinski definition) is 5. The van der Waals surface area contributed by atoms with Crippen molar-refractivity contribution in [3.8, 4) is 0 Å². The molecule has 0 aliphatic rings. The van der Waals surface area contributed by atoms with Gasteiger partial charge in [-0.05, 0) is 29.7 Å². The summed E-state index contributed by atoms with van der Waals surface area (Å²) in [4.78, 5) is 21.9. The third-order valence-corrected chi connectivity index (χ3v) is 3.38. The van der Waals surface area contributed by atoms with Crippen molar-refractivity contribution in [2.75, 3.05) is 6.61 Å². The number of benzene rings is 2. The number of amides is 1. The molecule has 1 unspecified atom stereocenters. The number of nitro benzene ring substituents is 1. The molecule has 2 N–H and O–H groups in total. The van der Waals surface area contributed by atoms with Crippen molar-refractivity contribution in [1.29, 1.82) is 0 Å². The quantitative estimate of drug-likeness (QED) is 0.599. The van der Waals surface area contributed by atoms with E-state index < -0.39 is 17.1 Å². The summed E-state index contributed by atoms with van der Waals surface area (Å²) in [6, 6.07) is 14.8. The molecule has 0 spiro atoms. The van der Waals surface area contributed by atoms with Gasteiger partial charge in [-0.2, -0.15) is 0 Å². The van der Waals surface area contributed by atoms with Crippen LogP contribution in [0.5, 0.6) is 0 Å². The van der Waals surface area contributed by atoms with Crippen molar-refractivity contribution < 1.29 is 19.6 Å². The van der Waals surface area contributed by atoms with Gasteiger partial charge in [-0.3, -0.25) is 10.1 Å². The van der Waals surface area contributed by atoms with Crippen molar-refractivity contribution in [3.63, 3.8) is 0 Å². The lowest BCUT2D eigenvalue weighted by molar-refractivity contribution is -0.384. The highest BCUT2D eigenvalue weighted by molar-refractivity contribution is 5.67. The molecule has 0 bridgehead atoms. The number of nitro groups is 1. The van der Waals surface area contributed by atoms with Gasteiger partial charge in [-0.25, -0.2) is 4.79 Å². The molecule has 0 aliphatic heterocycles. The lowest BCUT2D eigenvalue weighted by Crippen LogP contribution is -2.39. The Bertz CT molecular complexity index is 673.